The quantitative estimate of drug-likeness (QED) is 0.400. The highest BCUT2D eigenvalue weighted by Gasteiger charge is 2.40. The number of hydrogen-bond donors (Lipinski definition) is 1. The van der Waals surface area contributed by atoms with Gasteiger partial charge in [-0.3, -0.25) is 0 Å². The van der Waals surface area contributed by atoms with Gasteiger partial charge in [0.25, 0.3) is 0 Å². The van der Waals surface area contributed by atoms with E-state index in [1.165, 1.54) is 7.11 Å². The summed E-state index contributed by atoms with van der Waals surface area (Å²) in [5, 5.41) is 12.9. The maximum absolute atomic E-state index is 9.54. The van der Waals surface area contributed by atoms with Gasteiger partial charge in [0.2, 0.25) is 0 Å². The molecule has 0 spiro atoms. The van der Waals surface area contributed by atoms with Gasteiger partial charge >= 0.3 is 0 Å². The summed E-state index contributed by atoms with van der Waals surface area (Å²) < 4.78 is 10.2. The molecule has 0 amide bonds. The number of ether oxygens (including phenoxy) is 2. The Kier molecular flexibility index (Phi) is 3.50. The van der Waals surface area contributed by atoms with E-state index in [1.807, 2.05) is 6.92 Å². The van der Waals surface area contributed by atoms with Gasteiger partial charge in [0.1, 0.15) is 6.10 Å². The van der Waals surface area contributed by atoms with Crippen molar-refractivity contribution in [3.05, 3.63) is 10.4 Å². The van der Waals surface area contributed by atoms with Gasteiger partial charge < -0.3 is 14.6 Å². The SMILES string of the molecule is COC1O[C@H](CN=[N+]=[N-])[C@H](C)[C@H]1O. The molecule has 0 aliphatic carbocycles. The summed E-state index contributed by atoms with van der Waals surface area (Å²) in [6, 6.07) is 0. The first-order valence-corrected chi connectivity index (χ1v) is 4.08. The Morgan fingerprint density at radius 1 is 1.69 bits per heavy atom. The maximum Gasteiger partial charge on any atom is 0.183 e. The first-order chi connectivity index (χ1) is 6.20. The molecule has 0 bridgehead atoms. The molecule has 1 fully saturated rings. The monoisotopic (exact) mass is 187 g/mol. The highest BCUT2D eigenvalue weighted by Crippen LogP contribution is 2.27. The maximum atomic E-state index is 9.54. The van der Waals surface area contributed by atoms with Crippen LogP contribution >= 0.6 is 0 Å². The first-order valence-electron chi connectivity index (χ1n) is 4.08. The molecular weight excluding hydrogens is 174 g/mol. The van der Waals surface area contributed by atoms with Gasteiger partial charge in [-0.15, -0.1) is 0 Å². The largest absolute Gasteiger partial charge is 0.387 e. The highest BCUT2D eigenvalue weighted by atomic mass is 16.7. The molecule has 6 heteroatoms. The molecule has 0 aromatic carbocycles. The molecule has 1 heterocycles. The molecule has 6 nitrogen and oxygen atoms in total. The summed E-state index contributed by atoms with van der Waals surface area (Å²) in [5.74, 6) is -0.0737. The van der Waals surface area contributed by atoms with Crippen molar-refractivity contribution in [1.82, 2.24) is 0 Å². The number of rotatable bonds is 3. The van der Waals surface area contributed by atoms with Crippen LogP contribution in [0.25, 0.3) is 10.4 Å². The van der Waals surface area contributed by atoms with Crippen LogP contribution in [-0.2, 0) is 9.47 Å². The van der Waals surface area contributed by atoms with E-state index in [-0.39, 0.29) is 18.6 Å². The van der Waals surface area contributed by atoms with E-state index in [0.29, 0.717) is 0 Å². The van der Waals surface area contributed by atoms with Crippen molar-refractivity contribution in [3.8, 4) is 0 Å². The fraction of sp³-hybridized carbons (Fsp3) is 1.00. The van der Waals surface area contributed by atoms with E-state index in [2.05, 4.69) is 10.0 Å². The molecule has 0 aromatic heterocycles. The van der Waals surface area contributed by atoms with Crippen LogP contribution in [0.15, 0.2) is 5.11 Å². The lowest BCUT2D eigenvalue weighted by atomic mass is 10.0. The number of nitrogens with zero attached hydrogens (tertiary/aromatic N) is 3. The topological polar surface area (TPSA) is 87.5 Å². The Morgan fingerprint density at radius 2 is 2.38 bits per heavy atom. The third kappa shape index (κ3) is 2.10. The van der Waals surface area contributed by atoms with Gasteiger partial charge in [-0.25, -0.2) is 0 Å². The average Bonchev–Trinajstić information content (AvgIpc) is 2.41. The van der Waals surface area contributed by atoms with Crippen molar-refractivity contribution < 1.29 is 14.6 Å². The molecule has 0 radical (unpaired) electrons. The van der Waals surface area contributed by atoms with Crippen LogP contribution < -0.4 is 0 Å². The van der Waals surface area contributed by atoms with Crippen molar-refractivity contribution in [2.45, 2.75) is 25.4 Å². The van der Waals surface area contributed by atoms with Gasteiger partial charge in [-0.05, 0) is 5.53 Å². The molecule has 1 rings (SSSR count). The minimum atomic E-state index is -0.649. The van der Waals surface area contributed by atoms with E-state index in [4.69, 9.17) is 15.0 Å². The van der Waals surface area contributed by atoms with Crippen LogP contribution in [0.2, 0.25) is 0 Å². The first kappa shape index (κ1) is 10.3. The van der Waals surface area contributed by atoms with Crippen LogP contribution in [0.1, 0.15) is 6.92 Å². The van der Waals surface area contributed by atoms with Crippen LogP contribution in [0.5, 0.6) is 0 Å². The molecule has 1 saturated heterocycles. The van der Waals surface area contributed by atoms with Gasteiger partial charge in [0.15, 0.2) is 6.29 Å². The Hall–Kier alpha value is -0.810. The fourth-order valence-corrected chi connectivity index (χ4v) is 1.37. The molecule has 1 N–H and O–H groups in total. The predicted octanol–water partition coefficient (Wildman–Crippen LogP) is 0.665. The Bertz CT molecular complexity index is 217. The third-order valence-corrected chi connectivity index (χ3v) is 2.27. The standard InChI is InChI=1S/C7H13N3O3/c1-4-5(3-9-10-8)13-7(12-2)6(4)11/h4-7,11H,3H2,1-2H3/t4-,5+,6+,7?/m0/s1. The smallest absolute Gasteiger partial charge is 0.183 e. The Balaban J connectivity index is 2.54. The summed E-state index contributed by atoms with van der Waals surface area (Å²) >= 11 is 0. The van der Waals surface area contributed by atoms with Crippen molar-refractivity contribution in [2.24, 2.45) is 11.0 Å². The zero-order valence-corrected chi connectivity index (χ0v) is 7.62. The minimum Gasteiger partial charge on any atom is -0.387 e. The predicted molar refractivity (Wildman–Crippen MR) is 44.9 cm³/mol. The number of azide groups is 1. The van der Waals surface area contributed by atoms with Gasteiger partial charge in [-0.1, -0.05) is 12.0 Å². The molecule has 74 valence electrons. The van der Waals surface area contributed by atoms with Crippen molar-refractivity contribution in [1.29, 1.82) is 0 Å². The Morgan fingerprint density at radius 3 is 2.85 bits per heavy atom. The van der Waals surface area contributed by atoms with Gasteiger partial charge in [-0.2, -0.15) is 0 Å². The molecule has 1 aliphatic heterocycles. The molecule has 1 aliphatic rings. The zero-order chi connectivity index (χ0) is 9.84. The number of methoxy groups -OCH3 is 1. The van der Waals surface area contributed by atoms with E-state index in [9.17, 15) is 5.11 Å². The van der Waals surface area contributed by atoms with E-state index in [0.717, 1.165) is 0 Å². The van der Waals surface area contributed by atoms with E-state index >= 15 is 0 Å². The second-order valence-electron chi connectivity index (χ2n) is 3.04. The normalized spacial score (nSPS) is 38.7. The fourth-order valence-electron chi connectivity index (χ4n) is 1.37. The molecule has 0 saturated carbocycles. The van der Waals surface area contributed by atoms with Crippen LogP contribution in [0.3, 0.4) is 0 Å². The molecule has 0 aromatic rings. The third-order valence-electron chi connectivity index (χ3n) is 2.27. The average molecular weight is 187 g/mol. The highest BCUT2D eigenvalue weighted by molar-refractivity contribution is 4.84. The van der Waals surface area contributed by atoms with Gasteiger partial charge in [0.05, 0.1) is 12.6 Å². The number of aliphatic hydroxyl groups is 1. The second kappa shape index (κ2) is 4.43. The van der Waals surface area contributed by atoms with E-state index < -0.39 is 12.4 Å². The Labute approximate surface area is 76.1 Å². The summed E-state index contributed by atoms with van der Waals surface area (Å²) in [4.78, 5) is 2.63. The van der Waals surface area contributed by atoms with Crippen LogP contribution in [0, 0.1) is 5.92 Å². The number of hydrogen-bond acceptors (Lipinski definition) is 4. The van der Waals surface area contributed by atoms with Crippen LogP contribution in [0.4, 0.5) is 0 Å². The summed E-state index contributed by atoms with van der Waals surface area (Å²) in [5.41, 5.74) is 8.11. The van der Waals surface area contributed by atoms with Gasteiger partial charge in [0, 0.05) is 17.9 Å². The van der Waals surface area contributed by atoms with Crippen molar-refractivity contribution >= 4 is 0 Å². The van der Waals surface area contributed by atoms with Crippen LogP contribution in [-0.4, -0.2) is 37.3 Å². The minimum absolute atomic E-state index is 0.0737. The lowest BCUT2D eigenvalue weighted by Gasteiger charge is -2.12. The molecular formula is C7H13N3O3. The van der Waals surface area contributed by atoms with E-state index in [1.54, 1.807) is 0 Å². The second-order valence-corrected chi connectivity index (χ2v) is 3.04. The lowest BCUT2D eigenvalue weighted by molar-refractivity contribution is -0.146. The van der Waals surface area contributed by atoms with Crippen molar-refractivity contribution in [3.63, 3.8) is 0 Å². The zero-order valence-electron chi connectivity index (χ0n) is 7.62. The van der Waals surface area contributed by atoms with Crippen molar-refractivity contribution in [2.75, 3.05) is 13.7 Å². The molecule has 13 heavy (non-hydrogen) atoms. The molecule has 1 unspecified atom stereocenters. The summed E-state index contributed by atoms with van der Waals surface area (Å²) in [6.45, 7) is 2.07. The summed E-state index contributed by atoms with van der Waals surface area (Å²) in [6.07, 6.45) is -1.51. The lowest BCUT2D eigenvalue weighted by Crippen LogP contribution is -2.27. The number of aliphatic hydroxyl groups excluding tert-OH is 1. The molecule has 4 atom stereocenters. The summed E-state index contributed by atoms with van der Waals surface area (Å²) in [7, 11) is 1.47.